The van der Waals surface area contributed by atoms with Crippen molar-refractivity contribution >= 4 is 45.9 Å². The number of halogens is 1. The van der Waals surface area contributed by atoms with E-state index < -0.39 is 12.6 Å². The van der Waals surface area contributed by atoms with Crippen LogP contribution in [0.3, 0.4) is 0 Å². The molecule has 0 aliphatic carbocycles. The van der Waals surface area contributed by atoms with E-state index in [2.05, 4.69) is 9.97 Å². The van der Waals surface area contributed by atoms with Crippen LogP contribution in [0.1, 0.15) is 12.2 Å². The molecule has 2 aromatic carbocycles. The first-order valence-electron chi connectivity index (χ1n) is 8.38. The molecule has 0 aliphatic heterocycles. The quantitative estimate of drug-likeness (QED) is 0.251. The summed E-state index contributed by atoms with van der Waals surface area (Å²) in [5.74, 6) is -0.116. The van der Waals surface area contributed by atoms with Crippen molar-refractivity contribution in [1.82, 2.24) is 9.97 Å². The maximum Gasteiger partial charge on any atom is 0.307 e. The number of ether oxygens (including phenoxy) is 1. The zero-order valence-electron chi connectivity index (χ0n) is 14.7. The average Bonchev–Trinajstić information content (AvgIpc) is 3.12. The van der Waals surface area contributed by atoms with Gasteiger partial charge in [-0.3, -0.25) is 4.79 Å². The second kappa shape index (κ2) is 9.31. The minimum atomic E-state index is -0.479. The van der Waals surface area contributed by atoms with Crippen LogP contribution < -0.4 is 0 Å². The number of imidazole rings is 1. The van der Waals surface area contributed by atoms with Gasteiger partial charge in [0.05, 0.1) is 22.5 Å². The van der Waals surface area contributed by atoms with Crippen LogP contribution in [0.4, 0.5) is 0 Å². The van der Waals surface area contributed by atoms with Gasteiger partial charge in [-0.25, -0.2) is 4.98 Å². The van der Waals surface area contributed by atoms with Crippen molar-refractivity contribution in [2.45, 2.75) is 11.3 Å². The molecule has 3 aromatic rings. The molecule has 0 radical (unpaired) electrons. The number of para-hydroxylation sites is 2. The van der Waals surface area contributed by atoms with E-state index >= 15 is 0 Å². The van der Waals surface area contributed by atoms with E-state index in [1.807, 2.05) is 42.5 Å². The number of allylic oxidation sites excluding steroid dienone is 1. The number of rotatable bonds is 7. The Bertz CT molecular complexity index is 1040. The number of nitriles is 1. The lowest BCUT2D eigenvalue weighted by Crippen LogP contribution is -2.09. The number of carbonyl (C=O) groups excluding carboxylic acids is 1. The summed E-state index contributed by atoms with van der Waals surface area (Å²) < 4.78 is 5.06. The van der Waals surface area contributed by atoms with Gasteiger partial charge >= 0.3 is 5.97 Å². The molecule has 0 spiro atoms. The number of hydrogen-bond donors (Lipinski definition) is 2. The van der Waals surface area contributed by atoms with Crippen LogP contribution in [-0.2, 0) is 9.53 Å². The van der Waals surface area contributed by atoms with Gasteiger partial charge in [0.1, 0.15) is 18.2 Å². The number of fused-ring (bicyclic) bond motifs is 1. The van der Waals surface area contributed by atoms with Gasteiger partial charge in [-0.2, -0.15) is 5.26 Å². The summed E-state index contributed by atoms with van der Waals surface area (Å²) in [5.41, 5.74) is 1.35. The number of esters is 1. The van der Waals surface area contributed by atoms with E-state index in [9.17, 15) is 15.2 Å². The molecule has 0 saturated carbocycles. The third-order valence-corrected chi connectivity index (χ3v) is 5.31. The fraction of sp³-hybridized carbons (Fsp3) is 0.150. The summed E-state index contributed by atoms with van der Waals surface area (Å²) in [5, 5.41) is 20.2. The molecule has 142 valence electrons. The minimum Gasteiger partial charge on any atom is -0.507 e. The molecule has 0 atom stereocenters. The van der Waals surface area contributed by atoms with Crippen LogP contribution in [0.15, 0.2) is 59.2 Å². The largest absolute Gasteiger partial charge is 0.507 e. The predicted octanol–water partition coefficient (Wildman–Crippen LogP) is 4.73. The molecular weight excluding hydrogens is 398 g/mol. The highest BCUT2D eigenvalue weighted by Crippen LogP contribution is 2.27. The Morgan fingerprint density at radius 3 is 2.75 bits per heavy atom. The molecule has 0 bridgehead atoms. The molecule has 3 rings (SSSR count). The molecule has 28 heavy (non-hydrogen) atoms. The fourth-order valence-corrected chi connectivity index (χ4v) is 3.59. The third-order valence-electron chi connectivity index (χ3n) is 3.80. The van der Waals surface area contributed by atoms with Gasteiger partial charge in [-0.1, -0.05) is 35.9 Å². The summed E-state index contributed by atoms with van der Waals surface area (Å²) in [6.45, 7) is -0.393. The van der Waals surface area contributed by atoms with Crippen LogP contribution in [0.25, 0.3) is 16.6 Å². The number of thioether (sulfide) groups is 1. The Hall–Kier alpha value is -2.95. The van der Waals surface area contributed by atoms with Crippen LogP contribution in [0.2, 0.25) is 5.02 Å². The molecule has 0 amide bonds. The molecule has 6 nitrogen and oxygen atoms in total. The van der Waals surface area contributed by atoms with Crippen molar-refractivity contribution in [3.8, 4) is 6.07 Å². The number of nitrogens with zero attached hydrogens (tertiary/aromatic N) is 2. The standard InChI is InChI=1S/C20H16ClN3O3S/c21-14-5-1-4-8-18(14)28-10-9-19(26)27-12-17(25)13(11-22)20-23-15-6-2-3-7-16(15)24-20/h1-8,25H,9-10,12H2,(H,23,24)/b17-13-. The van der Waals surface area contributed by atoms with Gasteiger partial charge in [-0.05, 0) is 24.3 Å². The third kappa shape index (κ3) is 4.85. The smallest absolute Gasteiger partial charge is 0.307 e. The predicted molar refractivity (Wildman–Crippen MR) is 109 cm³/mol. The van der Waals surface area contributed by atoms with E-state index in [0.717, 1.165) is 10.4 Å². The van der Waals surface area contributed by atoms with Crippen molar-refractivity contribution in [1.29, 1.82) is 5.26 Å². The Morgan fingerprint density at radius 2 is 2.00 bits per heavy atom. The number of aliphatic hydroxyl groups is 1. The molecule has 0 unspecified atom stereocenters. The van der Waals surface area contributed by atoms with Gasteiger partial charge < -0.3 is 14.8 Å². The lowest BCUT2D eigenvalue weighted by molar-refractivity contribution is -0.142. The monoisotopic (exact) mass is 413 g/mol. The number of H-pyrrole nitrogens is 1. The zero-order valence-corrected chi connectivity index (χ0v) is 16.3. The molecule has 8 heteroatoms. The van der Waals surface area contributed by atoms with E-state index in [1.165, 1.54) is 11.8 Å². The number of aromatic amines is 1. The number of aliphatic hydroxyl groups excluding tert-OH is 1. The van der Waals surface area contributed by atoms with Crippen LogP contribution >= 0.6 is 23.4 Å². The highest BCUT2D eigenvalue weighted by Gasteiger charge is 2.15. The van der Waals surface area contributed by atoms with Crippen molar-refractivity contribution in [2.24, 2.45) is 0 Å². The van der Waals surface area contributed by atoms with E-state index in [0.29, 0.717) is 16.3 Å². The van der Waals surface area contributed by atoms with Crippen molar-refractivity contribution in [2.75, 3.05) is 12.4 Å². The van der Waals surface area contributed by atoms with Gasteiger partial charge in [0.25, 0.3) is 0 Å². The molecule has 1 heterocycles. The van der Waals surface area contributed by atoms with Crippen molar-refractivity contribution in [3.05, 3.63) is 65.1 Å². The summed E-state index contributed by atoms with van der Waals surface area (Å²) in [4.78, 5) is 20.0. The van der Waals surface area contributed by atoms with Crippen LogP contribution in [-0.4, -0.2) is 33.4 Å². The molecule has 2 N–H and O–H groups in total. The fourth-order valence-electron chi connectivity index (χ4n) is 2.42. The van der Waals surface area contributed by atoms with E-state index in [4.69, 9.17) is 16.3 Å². The van der Waals surface area contributed by atoms with E-state index in [-0.39, 0.29) is 23.6 Å². The Labute approximate surface area is 170 Å². The number of carbonyl (C=O) groups is 1. The second-order valence-corrected chi connectivity index (χ2v) is 7.27. The van der Waals surface area contributed by atoms with Crippen molar-refractivity contribution < 1.29 is 14.6 Å². The van der Waals surface area contributed by atoms with Crippen molar-refractivity contribution in [3.63, 3.8) is 0 Å². The lowest BCUT2D eigenvalue weighted by Gasteiger charge is -2.06. The van der Waals surface area contributed by atoms with Gasteiger partial charge in [0, 0.05) is 10.6 Å². The molecular formula is C20H16ClN3O3S. The molecule has 1 aromatic heterocycles. The number of benzene rings is 2. The van der Waals surface area contributed by atoms with Gasteiger partial charge in [0.15, 0.2) is 11.6 Å². The Balaban J connectivity index is 1.56. The second-order valence-electron chi connectivity index (χ2n) is 5.73. The highest BCUT2D eigenvalue weighted by atomic mass is 35.5. The molecule has 0 fully saturated rings. The summed E-state index contributed by atoms with van der Waals surface area (Å²) in [6.07, 6.45) is 0.149. The average molecular weight is 414 g/mol. The first-order valence-corrected chi connectivity index (χ1v) is 9.75. The number of hydrogen-bond acceptors (Lipinski definition) is 6. The normalized spacial score (nSPS) is 11.7. The highest BCUT2D eigenvalue weighted by molar-refractivity contribution is 7.99. The maximum atomic E-state index is 11.9. The van der Waals surface area contributed by atoms with Gasteiger partial charge in [0.2, 0.25) is 0 Å². The SMILES string of the molecule is N#C/C(=C(/O)COC(=O)CCSc1ccccc1Cl)c1nc2ccccc2[nH]1. The zero-order chi connectivity index (χ0) is 19.9. The summed E-state index contributed by atoms with van der Waals surface area (Å²) in [6, 6.07) is 16.5. The van der Waals surface area contributed by atoms with E-state index in [1.54, 1.807) is 12.1 Å². The van der Waals surface area contributed by atoms with Crippen LogP contribution in [0, 0.1) is 11.3 Å². The Kier molecular flexibility index (Phi) is 6.58. The number of aromatic nitrogens is 2. The Morgan fingerprint density at radius 1 is 1.25 bits per heavy atom. The summed E-state index contributed by atoms with van der Waals surface area (Å²) >= 11 is 7.51. The minimum absolute atomic E-state index is 0.0607. The lowest BCUT2D eigenvalue weighted by atomic mass is 10.2. The first kappa shape index (κ1) is 19.8. The number of nitrogens with one attached hydrogen (secondary N) is 1. The topological polar surface area (TPSA) is 99.0 Å². The van der Waals surface area contributed by atoms with Crippen LogP contribution in [0.5, 0.6) is 0 Å². The first-order chi connectivity index (χ1) is 13.6. The molecule has 0 aliphatic rings. The molecule has 0 saturated heterocycles. The summed E-state index contributed by atoms with van der Waals surface area (Å²) in [7, 11) is 0. The van der Waals surface area contributed by atoms with Gasteiger partial charge in [-0.15, -0.1) is 11.8 Å². The maximum absolute atomic E-state index is 11.9.